The van der Waals surface area contributed by atoms with Crippen LogP contribution in [0.1, 0.15) is 17.5 Å². The molecule has 0 saturated heterocycles. The summed E-state index contributed by atoms with van der Waals surface area (Å²) >= 11 is 6.01. The van der Waals surface area contributed by atoms with Gasteiger partial charge >= 0.3 is 5.97 Å². The first kappa shape index (κ1) is 23.6. The van der Waals surface area contributed by atoms with Crippen molar-refractivity contribution in [1.82, 2.24) is 24.1 Å². The molecule has 182 valence electrons. The van der Waals surface area contributed by atoms with Crippen molar-refractivity contribution in [2.24, 2.45) is 5.14 Å². The van der Waals surface area contributed by atoms with Crippen molar-refractivity contribution in [1.29, 1.82) is 0 Å². The molecule has 0 unspecified atom stereocenters. The number of primary sulfonamides is 1. The Bertz CT molecular complexity index is 1810. The maximum Gasteiger partial charge on any atom is 0.376 e. The van der Waals surface area contributed by atoms with Gasteiger partial charge in [-0.3, -0.25) is 4.79 Å². The Morgan fingerprint density at radius 1 is 1.08 bits per heavy atom. The summed E-state index contributed by atoms with van der Waals surface area (Å²) in [5.74, 6) is -1.14. The third-order valence-electron chi connectivity index (χ3n) is 5.37. The van der Waals surface area contributed by atoms with Gasteiger partial charge in [0.05, 0.1) is 22.6 Å². The van der Waals surface area contributed by atoms with Crippen LogP contribution < -0.4 is 10.7 Å². The number of hydrogen-bond acceptors (Lipinski definition) is 8. The van der Waals surface area contributed by atoms with Crippen molar-refractivity contribution in [2.45, 2.75) is 11.8 Å². The predicted octanol–water partition coefficient (Wildman–Crippen LogP) is 2.57. The van der Waals surface area contributed by atoms with Gasteiger partial charge in [0.25, 0.3) is 5.56 Å². The first-order chi connectivity index (χ1) is 17.2. The van der Waals surface area contributed by atoms with Crippen molar-refractivity contribution in [2.75, 3.05) is 6.61 Å². The van der Waals surface area contributed by atoms with Gasteiger partial charge in [0, 0.05) is 11.2 Å². The van der Waals surface area contributed by atoms with Gasteiger partial charge in [-0.1, -0.05) is 23.7 Å². The fourth-order valence-corrected chi connectivity index (χ4v) is 4.40. The minimum absolute atomic E-state index is 0.0142. The molecule has 36 heavy (non-hydrogen) atoms. The van der Waals surface area contributed by atoms with E-state index in [1.165, 1.54) is 35.1 Å². The number of aromatic nitrogens is 5. The quantitative estimate of drug-likeness (QED) is 0.344. The molecule has 0 saturated carbocycles. The lowest BCUT2D eigenvalue weighted by atomic mass is 10.0. The molecule has 0 fully saturated rings. The maximum absolute atomic E-state index is 13.8. The van der Waals surface area contributed by atoms with E-state index in [0.29, 0.717) is 21.8 Å². The van der Waals surface area contributed by atoms with Crippen LogP contribution in [0.3, 0.4) is 0 Å². The number of pyridine rings is 1. The van der Waals surface area contributed by atoms with E-state index in [1.54, 1.807) is 37.3 Å². The van der Waals surface area contributed by atoms with Crippen molar-refractivity contribution >= 4 is 44.4 Å². The highest BCUT2D eigenvalue weighted by molar-refractivity contribution is 7.89. The standard InChI is InChI=1S/C23H17ClN6O5S/c1-2-35-22(32)20-28-30(15-7-9-16(10-8-15)36(25,33)34)23-27-19-18(21(31)29(20)23)17(11-12-26-19)13-3-5-14(24)6-4-13/h3-12H,2H2,1H3,(H2,25,33,34). The van der Waals surface area contributed by atoms with E-state index in [-0.39, 0.29) is 34.1 Å². The van der Waals surface area contributed by atoms with Gasteiger partial charge in [-0.05, 0) is 60.5 Å². The molecular formula is C23H17ClN6O5S. The summed E-state index contributed by atoms with van der Waals surface area (Å²) in [5.41, 5.74) is 1.13. The summed E-state index contributed by atoms with van der Waals surface area (Å²) in [4.78, 5) is 35.2. The van der Waals surface area contributed by atoms with E-state index in [4.69, 9.17) is 21.5 Å². The molecule has 2 aromatic carbocycles. The van der Waals surface area contributed by atoms with E-state index in [9.17, 15) is 18.0 Å². The highest BCUT2D eigenvalue weighted by Gasteiger charge is 2.25. The van der Waals surface area contributed by atoms with Crippen LogP contribution in [0.5, 0.6) is 0 Å². The molecule has 0 bridgehead atoms. The van der Waals surface area contributed by atoms with Gasteiger partial charge in [-0.2, -0.15) is 9.67 Å². The van der Waals surface area contributed by atoms with Crippen LogP contribution in [0.2, 0.25) is 5.02 Å². The van der Waals surface area contributed by atoms with E-state index in [2.05, 4.69) is 15.1 Å². The van der Waals surface area contributed by atoms with E-state index < -0.39 is 21.6 Å². The van der Waals surface area contributed by atoms with Gasteiger partial charge in [0.2, 0.25) is 21.6 Å². The second-order valence-corrected chi connectivity index (χ2v) is 9.61. The number of nitrogens with zero attached hydrogens (tertiary/aromatic N) is 5. The lowest BCUT2D eigenvalue weighted by Crippen LogP contribution is -2.21. The molecule has 5 rings (SSSR count). The molecule has 2 N–H and O–H groups in total. The summed E-state index contributed by atoms with van der Waals surface area (Å²) in [5, 5.41) is 10.2. The average molecular weight is 525 g/mol. The van der Waals surface area contributed by atoms with Gasteiger partial charge in [-0.25, -0.2) is 27.7 Å². The highest BCUT2D eigenvalue weighted by atomic mass is 35.5. The Morgan fingerprint density at radius 3 is 2.42 bits per heavy atom. The van der Waals surface area contributed by atoms with Crippen LogP contribution in [0.15, 0.2) is 70.5 Å². The number of esters is 1. The molecule has 0 atom stereocenters. The SMILES string of the molecule is CCOC(=O)c1nn(-c2ccc(S(N)(=O)=O)cc2)c2nc3nccc(-c4ccc(Cl)cc4)c3c(=O)n12. The minimum Gasteiger partial charge on any atom is -0.460 e. The molecule has 0 spiro atoms. The second-order valence-electron chi connectivity index (χ2n) is 7.61. The maximum atomic E-state index is 13.8. The van der Waals surface area contributed by atoms with E-state index >= 15 is 0 Å². The number of halogens is 1. The van der Waals surface area contributed by atoms with Crippen LogP contribution >= 0.6 is 11.6 Å². The van der Waals surface area contributed by atoms with Gasteiger partial charge < -0.3 is 4.74 Å². The van der Waals surface area contributed by atoms with Crippen LogP contribution in [-0.2, 0) is 14.8 Å². The molecule has 0 aliphatic carbocycles. The molecule has 13 heteroatoms. The van der Waals surface area contributed by atoms with Gasteiger partial charge in [0.15, 0.2) is 5.65 Å². The topological polar surface area (TPSA) is 152 Å². The van der Waals surface area contributed by atoms with E-state index in [1.807, 2.05) is 0 Å². The van der Waals surface area contributed by atoms with Crippen LogP contribution in [0.25, 0.3) is 33.6 Å². The van der Waals surface area contributed by atoms with Crippen molar-refractivity contribution in [3.8, 4) is 16.8 Å². The lowest BCUT2D eigenvalue weighted by Gasteiger charge is -2.08. The summed E-state index contributed by atoms with van der Waals surface area (Å²) in [7, 11) is -3.92. The predicted molar refractivity (Wildman–Crippen MR) is 132 cm³/mol. The van der Waals surface area contributed by atoms with Crippen molar-refractivity contribution in [3.63, 3.8) is 0 Å². The molecular weight excluding hydrogens is 508 g/mol. The van der Waals surface area contributed by atoms with Crippen LogP contribution in [-0.4, -0.2) is 45.1 Å². The fraction of sp³-hybridized carbons (Fsp3) is 0.0870. The molecule has 11 nitrogen and oxygen atoms in total. The number of fused-ring (bicyclic) bond motifs is 2. The summed E-state index contributed by atoms with van der Waals surface area (Å²) < 4.78 is 30.7. The normalized spacial score (nSPS) is 11.8. The Hall–Kier alpha value is -4.13. The van der Waals surface area contributed by atoms with Crippen molar-refractivity contribution in [3.05, 3.63) is 82.0 Å². The molecule has 0 amide bonds. The molecule has 5 aromatic rings. The molecule has 0 aliphatic rings. The number of rotatable bonds is 5. The fourth-order valence-electron chi connectivity index (χ4n) is 3.76. The number of carbonyl (C=O) groups excluding carboxylic acids is 1. The Labute approximate surface area is 208 Å². The lowest BCUT2D eigenvalue weighted by molar-refractivity contribution is 0.0509. The molecule has 0 radical (unpaired) electrons. The largest absolute Gasteiger partial charge is 0.460 e. The minimum atomic E-state index is -3.92. The zero-order valence-corrected chi connectivity index (χ0v) is 20.2. The average Bonchev–Trinajstić information content (AvgIpc) is 3.24. The molecule has 0 aliphatic heterocycles. The third kappa shape index (κ3) is 4.00. The third-order valence-corrected chi connectivity index (χ3v) is 6.55. The zero-order valence-electron chi connectivity index (χ0n) is 18.6. The smallest absolute Gasteiger partial charge is 0.376 e. The number of hydrogen-bond donors (Lipinski definition) is 1. The number of ether oxygens (including phenoxy) is 1. The zero-order chi connectivity index (χ0) is 25.6. The van der Waals surface area contributed by atoms with Gasteiger partial charge in [-0.15, -0.1) is 5.10 Å². The number of benzene rings is 2. The number of carbonyl (C=O) groups is 1. The molecule has 3 aromatic heterocycles. The Balaban J connectivity index is 1.83. The Kier molecular flexibility index (Phi) is 5.79. The Morgan fingerprint density at radius 2 is 1.78 bits per heavy atom. The first-order valence-electron chi connectivity index (χ1n) is 10.6. The van der Waals surface area contributed by atoms with Crippen LogP contribution in [0.4, 0.5) is 0 Å². The van der Waals surface area contributed by atoms with E-state index in [0.717, 1.165) is 4.40 Å². The summed E-state index contributed by atoms with van der Waals surface area (Å²) in [6.45, 7) is 1.69. The van der Waals surface area contributed by atoms with Crippen molar-refractivity contribution < 1.29 is 17.9 Å². The highest BCUT2D eigenvalue weighted by Crippen LogP contribution is 2.27. The monoisotopic (exact) mass is 524 g/mol. The first-order valence-corrected chi connectivity index (χ1v) is 12.5. The molecule has 3 heterocycles. The number of sulfonamides is 1. The summed E-state index contributed by atoms with van der Waals surface area (Å²) in [6, 6.07) is 14.0. The van der Waals surface area contributed by atoms with Gasteiger partial charge in [0.1, 0.15) is 0 Å². The summed E-state index contributed by atoms with van der Waals surface area (Å²) in [6.07, 6.45) is 1.52. The van der Waals surface area contributed by atoms with Crippen LogP contribution in [0, 0.1) is 0 Å². The second kappa shape index (κ2) is 8.82. The number of nitrogens with two attached hydrogens (primary N) is 1.